The van der Waals surface area contributed by atoms with E-state index in [0.29, 0.717) is 0 Å². The van der Waals surface area contributed by atoms with E-state index in [9.17, 15) is 0 Å². The van der Waals surface area contributed by atoms with Crippen LogP contribution in [0.1, 0.15) is 16.7 Å². The Hall–Kier alpha value is -1.31. The second-order valence-corrected chi connectivity index (χ2v) is 4.53. The normalized spacial score (nSPS) is 10.5. The Bertz CT molecular complexity index is 459. The fraction of sp³-hybridized carbons (Fsp3) is 0.200. The number of hydrogen-bond acceptors (Lipinski definition) is 1. The first-order valence-electron chi connectivity index (χ1n) is 5.71. The predicted molar refractivity (Wildman–Crippen MR) is 71.5 cm³/mol. The summed E-state index contributed by atoms with van der Waals surface area (Å²) in [4.78, 5) is 0. The standard InChI is InChI=1S/C15H15ClO/c16-15-7-5-14(6-8-15)11-13-3-1-12(2-4-13)9-10-17/h1-8,17H,9-11H2. The fourth-order valence-electron chi connectivity index (χ4n) is 1.79. The maximum Gasteiger partial charge on any atom is 0.0471 e. The molecule has 0 aliphatic carbocycles. The van der Waals surface area contributed by atoms with Crippen LogP contribution in [0.3, 0.4) is 0 Å². The van der Waals surface area contributed by atoms with Gasteiger partial charge in [0.2, 0.25) is 0 Å². The minimum absolute atomic E-state index is 0.205. The number of benzene rings is 2. The van der Waals surface area contributed by atoms with Gasteiger partial charge in [-0.2, -0.15) is 0 Å². The van der Waals surface area contributed by atoms with Gasteiger partial charge >= 0.3 is 0 Å². The third-order valence-corrected chi connectivity index (χ3v) is 3.00. The SMILES string of the molecule is OCCc1ccc(Cc2ccc(Cl)cc2)cc1. The van der Waals surface area contributed by atoms with Crippen LogP contribution in [0.15, 0.2) is 48.5 Å². The maximum absolute atomic E-state index is 8.84. The first-order chi connectivity index (χ1) is 8.28. The van der Waals surface area contributed by atoms with E-state index in [4.69, 9.17) is 16.7 Å². The van der Waals surface area contributed by atoms with Gasteiger partial charge in [-0.1, -0.05) is 48.0 Å². The topological polar surface area (TPSA) is 20.2 Å². The molecule has 0 spiro atoms. The summed E-state index contributed by atoms with van der Waals surface area (Å²) in [5.74, 6) is 0. The third kappa shape index (κ3) is 3.58. The van der Waals surface area contributed by atoms with Crippen LogP contribution >= 0.6 is 11.6 Å². The van der Waals surface area contributed by atoms with Gasteiger partial charge in [0.1, 0.15) is 0 Å². The Labute approximate surface area is 107 Å². The van der Waals surface area contributed by atoms with Crippen LogP contribution in [0.25, 0.3) is 0 Å². The van der Waals surface area contributed by atoms with Crippen molar-refractivity contribution in [3.05, 3.63) is 70.2 Å². The van der Waals surface area contributed by atoms with Crippen molar-refractivity contribution in [1.82, 2.24) is 0 Å². The van der Waals surface area contributed by atoms with E-state index in [1.807, 2.05) is 24.3 Å². The smallest absolute Gasteiger partial charge is 0.0471 e. The molecule has 88 valence electrons. The zero-order valence-corrected chi connectivity index (χ0v) is 10.3. The highest BCUT2D eigenvalue weighted by atomic mass is 35.5. The van der Waals surface area contributed by atoms with E-state index in [0.717, 1.165) is 17.9 Å². The highest BCUT2D eigenvalue weighted by molar-refractivity contribution is 6.30. The van der Waals surface area contributed by atoms with E-state index in [1.165, 1.54) is 16.7 Å². The van der Waals surface area contributed by atoms with Crippen molar-refractivity contribution in [2.24, 2.45) is 0 Å². The molecule has 0 saturated heterocycles. The van der Waals surface area contributed by atoms with E-state index >= 15 is 0 Å². The average Bonchev–Trinajstić information content (AvgIpc) is 2.35. The zero-order chi connectivity index (χ0) is 12.1. The summed E-state index contributed by atoms with van der Waals surface area (Å²) in [6.07, 6.45) is 1.64. The quantitative estimate of drug-likeness (QED) is 0.876. The maximum atomic E-state index is 8.84. The van der Waals surface area contributed by atoms with Gasteiger partial charge in [0, 0.05) is 11.6 Å². The number of aliphatic hydroxyl groups is 1. The number of rotatable bonds is 4. The van der Waals surface area contributed by atoms with Crippen molar-refractivity contribution < 1.29 is 5.11 Å². The Morgan fingerprint density at radius 2 is 1.24 bits per heavy atom. The van der Waals surface area contributed by atoms with Gasteiger partial charge in [0.15, 0.2) is 0 Å². The van der Waals surface area contributed by atoms with Gasteiger partial charge in [-0.3, -0.25) is 0 Å². The summed E-state index contributed by atoms with van der Waals surface area (Å²) < 4.78 is 0. The molecule has 1 nitrogen and oxygen atoms in total. The molecule has 2 aromatic rings. The summed E-state index contributed by atoms with van der Waals surface area (Å²) >= 11 is 5.85. The molecule has 0 aliphatic heterocycles. The first-order valence-corrected chi connectivity index (χ1v) is 6.09. The van der Waals surface area contributed by atoms with E-state index in [-0.39, 0.29) is 6.61 Å². The molecule has 0 bridgehead atoms. The van der Waals surface area contributed by atoms with Crippen molar-refractivity contribution in [3.8, 4) is 0 Å². The van der Waals surface area contributed by atoms with Gasteiger partial charge < -0.3 is 5.11 Å². The molecule has 0 fully saturated rings. The molecule has 0 radical (unpaired) electrons. The summed E-state index contributed by atoms with van der Waals surface area (Å²) in [7, 11) is 0. The van der Waals surface area contributed by atoms with E-state index in [1.54, 1.807) is 0 Å². The highest BCUT2D eigenvalue weighted by Gasteiger charge is 1.97. The van der Waals surface area contributed by atoms with Crippen molar-refractivity contribution >= 4 is 11.6 Å². The molecule has 17 heavy (non-hydrogen) atoms. The second-order valence-electron chi connectivity index (χ2n) is 4.09. The largest absolute Gasteiger partial charge is 0.396 e. The van der Waals surface area contributed by atoms with Gasteiger partial charge in [0.25, 0.3) is 0 Å². The Morgan fingerprint density at radius 3 is 1.76 bits per heavy atom. The molecule has 0 atom stereocenters. The number of aliphatic hydroxyl groups excluding tert-OH is 1. The Kier molecular flexibility index (Phi) is 4.18. The van der Waals surface area contributed by atoms with Crippen LogP contribution in [0, 0.1) is 0 Å². The summed E-state index contributed by atoms with van der Waals surface area (Å²) in [5.41, 5.74) is 3.70. The zero-order valence-electron chi connectivity index (χ0n) is 9.57. The minimum Gasteiger partial charge on any atom is -0.396 e. The van der Waals surface area contributed by atoms with Crippen LogP contribution in [-0.4, -0.2) is 11.7 Å². The van der Waals surface area contributed by atoms with Crippen molar-refractivity contribution in [3.63, 3.8) is 0 Å². The highest BCUT2D eigenvalue weighted by Crippen LogP contribution is 2.14. The van der Waals surface area contributed by atoms with Crippen LogP contribution in [0.4, 0.5) is 0 Å². The first kappa shape index (κ1) is 12.2. The second kappa shape index (κ2) is 5.85. The molecule has 2 aromatic carbocycles. The lowest BCUT2D eigenvalue weighted by atomic mass is 10.0. The third-order valence-electron chi connectivity index (χ3n) is 2.74. The van der Waals surface area contributed by atoms with Crippen LogP contribution in [-0.2, 0) is 12.8 Å². The molecule has 0 aromatic heterocycles. The lowest BCUT2D eigenvalue weighted by Crippen LogP contribution is -1.92. The predicted octanol–water partition coefficient (Wildman–Crippen LogP) is 3.47. The Morgan fingerprint density at radius 1 is 0.765 bits per heavy atom. The average molecular weight is 247 g/mol. The molecule has 0 saturated carbocycles. The van der Waals surface area contributed by atoms with Gasteiger partial charge in [-0.05, 0) is 41.7 Å². The summed E-state index contributed by atoms with van der Waals surface area (Å²) in [6.45, 7) is 0.205. The fourth-order valence-corrected chi connectivity index (χ4v) is 1.92. The molecule has 0 heterocycles. The lowest BCUT2D eigenvalue weighted by molar-refractivity contribution is 0.299. The van der Waals surface area contributed by atoms with Crippen LogP contribution in [0.2, 0.25) is 5.02 Å². The van der Waals surface area contributed by atoms with Crippen molar-refractivity contribution in [1.29, 1.82) is 0 Å². The monoisotopic (exact) mass is 246 g/mol. The van der Waals surface area contributed by atoms with Crippen molar-refractivity contribution in [2.75, 3.05) is 6.61 Å². The van der Waals surface area contributed by atoms with Crippen LogP contribution in [0.5, 0.6) is 0 Å². The minimum atomic E-state index is 0.205. The molecule has 2 rings (SSSR count). The van der Waals surface area contributed by atoms with Crippen molar-refractivity contribution in [2.45, 2.75) is 12.8 Å². The lowest BCUT2D eigenvalue weighted by Gasteiger charge is -2.04. The van der Waals surface area contributed by atoms with E-state index in [2.05, 4.69) is 24.3 Å². The van der Waals surface area contributed by atoms with Gasteiger partial charge in [-0.25, -0.2) is 0 Å². The molecule has 0 aliphatic rings. The summed E-state index contributed by atoms with van der Waals surface area (Å²) in [6, 6.07) is 16.3. The molecular formula is C15H15ClO. The molecular weight excluding hydrogens is 232 g/mol. The molecule has 2 heteroatoms. The molecule has 0 amide bonds. The summed E-state index contributed by atoms with van der Waals surface area (Å²) in [5, 5.41) is 9.61. The van der Waals surface area contributed by atoms with Gasteiger partial charge in [-0.15, -0.1) is 0 Å². The number of halogens is 1. The van der Waals surface area contributed by atoms with Crippen LogP contribution < -0.4 is 0 Å². The van der Waals surface area contributed by atoms with Gasteiger partial charge in [0.05, 0.1) is 0 Å². The number of hydrogen-bond donors (Lipinski definition) is 1. The molecule has 0 unspecified atom stereocenters. The molecule has 1 N–H and O–H groups in total. The Balaban J connectivity index is 2.05. The van der Waals surface area contributed by atoms with E-state index < -0.39 is 0 Å².